The van der Waals surface area contributed by atoms with Crippen molar-refractivity contribution in [1.82, 2.24) is 0 Å². The zero-order valence-corrected chi connectivity index (χ0v) is 12.5. The highest BCUT2D eigenvalue weighted by atomic mass is 32.1. The molecule has 1 amide bonds. The number of thiophene rings is 1. The summed E-state index contributed by atoms with van der Waals surface area (Å²) in [6.07, 6.45) is 0. The smallest absolute Gasteiger partial charge is 0.350 e. The van der Waals surface area contributed by atoms with Crippen LogP contribution in [0.25, 0.3) is 0 Å². The van der Waals surface area contributed by atoms with Gasteiger partial charge >= 0.3 is 5.97 Å². The van der Waals surface area contributed by atoms with Gasteiger partial charge < -0.3 is 14.8 Å². The van der Waals surface area contributed by atoms with Crippen LogP contribution in [0, 0.1) is 0 Å². The van der Waals surface area contributed by atoms with Crippen molar-refractivity contribution in [2.75, 3.05) is 19.5 Å². The van der Waals surface area contributed by atoms with Crippen molar-refractivity contribution in [2.24, 2.45) is 0 Å². The molecule has 2 aromatic rings. The van der Waals surface area contributed by atoms with E-state index in [9.17, 15) is 9.59 Å². The van der Waals surface area contributed by atoms with Crippen LogP contribution in [0.4, 0.5) is 5.69 Å². The molecular weight excluding hydrogens is 290 g/mol. The first-order valence-electron chi connectivity index (χ1n) is 6.20. The Bertz CT molecular complexity index is 651. The third kappa shape index (κ3) is 3.68. The summed E-state index contributed by atoms with van der Waals surface area (Å²) in [7, 11) is 2.91. The molecule has 2 rings (SSSR count). The highest BCUT2D eigenvalue weighted by Crippen LogP contribution is 2.23. The summed E-state index contributed by atoms with van der Waals surface area (Å²) < 4.78 is 9.72. The van der Waals surface area contributed by atoms with Crippen molar-refractivity contribution in [2.45, 2.75) is 6.61 Å². The van der Waals surface area contributed by atoms with E-state index in [1.165, 1.54) is 18.4 Å². The number of rotatable bonds is 5. The third-order valence-electron chi connectivity index (χ3n) is 2.78. The number of anilines is 1. The molecule has 1 N–H and O–H groups in total. The van der Waals surface area contributed by atoms with Gasteiger partial charge in [0.1, 0.15) is 4.88 Å². The van der Waals surface area contributed by atoms with Gasteiger partial charge in [0.15, 0.2) is 0 Å². The molecule has 0 aliphatic heterocycles. The number of benzene rings is 1. The Hall–Kier alpha value is -2.18. The standard InChI is InChI=1S/C15H15NO4S/c1-19-9-10-4-3-5-11(8-10)14(17)16-12-6-7-21-13(12)15(18)20-2/h3-8H,9H2,1-2H3,(H,16,17). The fraction of sp³-hybridized carbons (Fsp3) is 0.200. The molecule has 5 nitrogen and oxygen atoms in total. The van der Waals surface area contributed by atoms with E-state index in [-0.39, 0.29) is 5.91 Å². The van der Waals surface area contributed by atoms with Gasteiger partial charge in [-0.2, -0.15) is 0 Å². The molecule has 1 aromatic heterocycles. The lowest BCUT2D eigenvalue weighted by Crippen LogP contribution is -2.14. The van der Waals surface area contributed by atoms with Crippen molar-refractivity contribution in [3.05, 3.63) is 51.7 Å². The van der Waals surface area contributed by atoms with E-state index >= 15 is 0 Å². The second-order valence-electron chi connectivity index (χ2n) is 4.24. The summed E-state index contributed by atoms with van der Waals surface area (Å²) in [6.45, 7) is 0.437. The van der Waals surface area contributed by atoms with Gasteiger partial charge in [-0.25, -0.2) is 4.79 Å². The van der Waals surface area contributed by atoms with Gasteiger partial charge in [0.25, 0.3) is 5.91 Å². The first-order chi connectivity index (χ1) is 10.2. The Morgan fingerprint density at radius 2 is 2.05 bits per heavy atom. The highest BCUT2D eigenvalue weighted by Gasteiger charge is 2.16. The summed E-state index contributed by atoms with van der Waals surface area (Å²) in [5, 5.41) is 4.45. The molecule has 1 aromatic carbocycles. The predicted molar refractivity (Wildman–Crippen MR) is 80.8 cm³/mol. The molecule has 0 bridgehead atoms. The zero-order chi connectivity index (χ0) is 15.2. The SMILES string of the molecule is COCc1cccc(C(=O)Nc2ccsc2C(=O)OC)c1. The van der Waals surface area contributed by atoms with Gasteiger partial charge in [-0.3, -0.25) is 4.79 Å². The second-order valence-corrected chi connectivity index (χ2v) is 5.16. The Morgan fingerprint density at radius 3 is 2.76 bits per heavy atom. The van der Waals surface area contributed by atoms with Crippen LogP contribution in [0.3, 0.4) is 0 Å². The second kappa shape index (κ2) is 7.01. The molecule has 0 unspecified atom stereocenters. The topological polar surface area (TPSA) is 64.6 Å². The molecule has 0 spiro atoms. The number of amides is 1. The number of carbonyl (C=O) groups is 2. The Balaban J connectivity index is 2.17. The number of nitrogens with one attached hydrogen (secondary N) is 1. The van der Waals surface area contributed by atoms with Gasteiger partial charge in [0, 0.05) is 12.7 Å². The maximum absolute atomic E-state index is 12.2. The van der Waals surface area contributed by atoms with E-state index < -0.39 is 5.97 Å². The van der Waals surface area contributed by atoms with Gasteiger partial charge in [-0.1, -0.05) is 12.1 Å². The summed E-state index contributed by atoms with van der Waals surface area (Å²) >= 11 is 1.22. The molecule has 0 aliphatic rings. The van der Waals surface area contributed by atoms with Gasteiger partial charge in [0.2, 0.25) is 0 Å². The molecule has 0 radical (unpaired) electrons. The minimum atomic E-state index is -0.464. The van der Waals surface area contributed by atoms with E-state index in [2.05, 4.69) is 10.1 Å². The molecule has 0 aliphatic carbocycles. The van der Waals surface area contributed by atoms with E-state index in [4.69, 9.17) is 4.74 Å². The lowest BCUT2D eigenvalue weighted by Gasteiger charge is -2.07. The summed E-state index contributed by atoms with van der Waals surface area (Å²) in [4.78, 5) is 24.2. The van der Waals surface area contributed by atoms with Crippen LogP contribution in [-0.4, -0.2) is 26.1 Å². The van der Waals surface area contributed by atoms with E-state index in [0.717, 1.165) is 5.56 Å². The number of hydrogen-bond donors (Lipinski definition) is 1. The van der Waals surface area contributed by atoms with Gasteiger partial charge in [-0.05, 0) is 29.1 Å². The quantitative estimate of drug-likeness (QED) is 0.863. The number of carbonyl (C=O) groups excluding carboxylic acids is 2. The van der Waals surface area contributed by atoms with Crippen molar-refractivity contribution >= 4 is 28.9 Å². The van der Waals surface area contributed by atoms with E-state index in [1.54, 1.807) is 36.8 Å². The average molecular weight is 305 g/mol. The molecule has 6 heteroatoms. The lowest BCUT2D eigenvalue weighted by molar-refractivity contribution is 0.0607. The summed E-state index contributed by atoms with van der Waals surface area (Å²) in [5.74, 6) is -0.745. The number of ether oxygens (including phenoxy) is 2. The maximum atomic E-state index is 12.2. The van der Waals surface area contributed by atoms with Crippen LogP contribution in [0.2, 0.25) is 0 Å². The molecule has 0 saturated carbocycles. The fourth-order valence-corrected chi connectivity index (χ4v) is 2.59. The number of methoxy groups -OCH3 is 2. The number of esters is 1. The normalized spacial score (nSPS) is 10.2. The van der Waals surface area contributed by atoms with Crippen LogP contribution in [-0.2, 0) is 16.1 Å². The zero-order valence-electron chi connectivity index (χ0n) is 11.7. The fourth-order valence-electron chi connectivity index (χ4n) is 1.82. The molecule has 0 saturated heterocycles. The summed E-state index contributed by atoms with van der Waals surface area (Å²) in [6, 6.07) is 8.80. The minimum Gasteiger partial charge on any atom is -0.465 e. The molecule has 0 atom stereocenters. The van der Waals surface area contributed by atoms with Crippen LogP contribution >= 0.6 is 11.3 Å². The van der Waals surface area contributed by atoms with Crippen LogP contribution in [0.15, 0.2) is 35.7 Å². The molecule has 1 heterocycles. The third-order valence-corrected chi connectivity index (χ3v) is 3.68. The minimum absolute atomic E-state index is 0.281. The average Bonchev–Trinajstić information content (AvgIpc) is 2.95. The van der Waals surface area contributed by atoms with Crippen molar-refractivity contribution < 1.29 is 19.1 Å². The van der Waals surface area contributed by atoms with Crippen LogP contribution in [0.1, 0.15) is 25.6 Å². The molecule has 21 heavy (non-hydrogen) atoms. The van der Waals surface area contributed by atoms with Crippen molar-refractivity contribution in [3.8, 4) is 0 Å². The molecule has 0 fully saturated rings. The summed E-state index contributed by atoms with van der Waals surface area (Å²) in [5.41, 5.74) is 1.87. The van der Waals surface area contributed by atoms with Gasteiger partial charge in [-0.15, -0.1) is 11.3 Å². The first-order valence-corrected chi connectivity index (χ1v) is 7.08. The van der Waals surface area contributed by atoms with Crippen molar-refractivity contribution in [1.29, 1.82) is 0 Å². The van der Waals surface area contributed by atoms with E-state index in [0.29, 0.717) is 22.7 Å². The first kappa shape index (κ1) is 15.2. The number of hydrogen-bond acceptors (Lipinski definition) is 5. The van der Waals surface area contributed by atoms with Gasteiger partial charge in [0.05, 0.1) is 19.4 Å². The van der Waals surface area contributed by atoms with Crippen molar-refractivity contribution in [3.63, 3.8) is 0 Å². The molecule has 110 valence electrons. The Morgan fingerprint density at radius 1 is 1.24 bits per heavy atom. The van der Waals surface area contributed by atoms with E-state index in [1.807, 2.05) is 6.07 Å². The highest BCUT2D eigenvalue weighted by molar-refractivity contribution is 7.12. The largest absolute Gasteiger partial charge is 0.465 e. The molecular formula is C15H15NO4S. The monoisotopic (exact) mass is 305 g/mol. The Labute approximate surface area is 126 Å². The lowest BCUT2D eigenvalue weighted by atomic mass is 10.1. The maximum Gasteiger partial charge on any atom is 0.350 e. The predicted octanol–water partition coefficient (Wildman–Crippen LogP) is 2.93. The van der Waals surface area contributed by atoms with Crippen LogP contribution in [0.5, 0.6) is 0 Å². The van der Waals surface area contributed by atoms with Crippen LogP contribution < -0.4 is 5.32 Å². The Kier molecular flexibility index (Phi) is 5.08.